The highest BCUT2D eigenvalue weighted by Gasteiger charge is 2.25. The smallest absolute Gasteiger partial charge is 0.246 e. The van der Waals surface area contributed by atoms with E-state index in [9.17, 15) is 4.79 Å². The van der Waals surface area contributed by atoms with Gasteiger partial charge in [-0.3, -0.25) is 4.79 Å². The van der Waals surface area contributed by atoms with Crippen LogP contribution in [0.3, 0.4) is 0 Å². The van der Waals surface area contributed by atoms with Gasteiger partial charge in [-0.2, -0.15) is 0 Å². The molecule has 132 valence electrons. The first-order valence-electron chi connectivity index (χ1n) is 9.08. The summed E-state index contributed by atoms with van der Waals surface area (Å²) in [6.45, 7) is 3.65. The average molecular weight is 362 g/mol. The summed E-state index contributed by atoms with van der Waals surface area (Å²) in [7, 11) is 0. The molecule has 1 aliphatic heterocycles. The van der Waals surface area contributed by atoms with Crippen molar-refractivity contribution in [1.29, 1.82) is 0 Å². The first-order chi connectivity index (χ1) is 12.7. The van der Waals surface area contributed by atoms with Crippen molar-refractivity contribution >= 4 is 33.5 Å². The number of hydrogen-bond donors (Lipinski definition) is 0. The molecule has 0 N–H and O–H groups in total. The molecule has 2 heterocycles. The molecular formula is C22H22N2OS. The number of para-hydroxylation sites is 1. The highest BCUT2D eigenvalue weighted by Crippen LogP contribution is 2.33. The summed E-state index contributed by atoms with van der Waals surface area (Å²) >= 11 is 1.76. The van der Waals surface area contributed by atoms with Crippen molar-refractivity contribution in [1.82, 2.24) is 9.88 Å². The third kappa shape index (κ3) is 3.70. The molecule has 1 saturated heterocycles. The van der Waals surface area contributed by atoms with Crippen LogP contribution in [0.4, 0.5) is 0 Å². The summed E-state index contributed by atoms with van der Waals surface area (Å²) in [6.07, 6.45) is 5.75. The fourth-order valence-electron chi connectivity index (χ4n) is 3.49. The number of aryl methyl sites for hydroxylation is 1. The van der Waals surface area contributed by atoms with Crippen LogP contribution in [0.1, 0.15) is 34.9 Å². The molecule has 1 atom stereocenters. The van der Waals surface area contributed by atoms with E-state index in [1.54, 1.807) is 17.4 Å². The number of thiazole rings is 1. The minimum Gasteiger partial charge on any atom is -0.338 e. The Hall–Kier alpha value is -2.46. The molecule has 3 aromatic rings. The number of likely N-dealkylation sites (tertiary alicyclic amines) is 1. The molecule has 0 saturated carbocycles. The second-order valence-electron chi connectivity index (χ2n) is 6.89. The van der Waals surface area contributed by atoms with Crippen molar-refractivity contribution in [2.75, 3.05) is 13.1 Å². The van der Waals surface area contributed by atoms with Gasteiger partial charge in [0, 0.05) is 25.1 Å². The van der Waals surface area contributed by atoms with Gasteiger partial charge in [-0.05, 0) is 43.5 Å². The Morgan fingerprint density at radius 2 is 2.12 bits per heavy atom. The number of carbonyl (C=O) groups excluding carboxylic acids is 1. The second kappa shape index (κ2) is 7.42. The molecule has 0 spiro atoms. The zero-order chi connectivity index (χ0) is 17.9. The third-order valence-electron chi connectivity index (χ3n) is 4.85. The molecule has 26 heavy (non-hydrogen) atoms. The topological polar surface area (TPSA) is 33.2 Å². The molecule has 1 aliphatic rings. The maximum Gasteiger partial charge on any atom is 0.246 e. The number of amides is 1. The first-order valence-corrected chi connectivity index (χ1v) is 9.90. The van der Waals surface area contributed by atoms with Crippen molar-refractivity contribution in [2.45, 2.75) is 25.7 Å². The van der Waals surface area contributed by atoms with Crippen LogP contribution in [0, 0.1) is 6.92 Å². The van der Waals surface area contributed by atoms with Gasteiger partial charge in [0.1, 0.15) is 0 Å². The van der Waals surface area contributed by atoms with Gasteiger partial charge in [-0.1, -0.05) is 42.0 Å². The van der Waals surface area contributed by atoms with Crippen LogP contribution in [0.2, 0.25) is 0 Å². The Morgan fingerprint density at radius 3 is 2.96 bits per heavy atom. The molecular weight excluding hydrogens is 340 g/mol. The lowest BCUT2D eigenvalue weighted by molar-refractivity contribution is -0.127. The standard InChI is InChI=1S/C22H22N2OS/c1-16-6-4-7-17(14-16)11-12-21(25)24-13-5-8-18(15-24)22-23-19-9-2-3-10-20(19)26-22/h2-4,6-7,9-12,14,18H,5,8,13,15H2,1H3/b12-11+/t18-/m1/s1. The number of carbonyl (C=O) groups is 1. The molecule has 1 aromatic heterocycles. The molecule has 0 unspecified atom stereocenters. The number of fused-ring (bicyclic) bond motifs is 1. The molecule has 2 aromatic carbocycles. The van der Waals surface area contributed by atoms with Crippen LogP contribution in [0.5, 0.6) is 0 Å². The van der Waals surface area contributed by atoms with Gasteiger partial charge in [-0.15, -0.1) is 11.3 Å². The summed E-state index contributed by atoms with van der Waals surface area (Å²) in [5.74, 6) is 0.440. The minimum atomic E-state index is 0.0947. The highest BCUT2D eigenvalue weighted by atomic mass is 32.1. The van der Waals surface area contributed by atoms with Crippen molar-refractivity contribution < 1.29 is 4.79 Å². The minimum absolute atomic E-state index is 0.0947. The second-order valence-corrected chi connectivity index (χ2v) is 7.95. The van der Waals surface area contributed by atoms with Gasteiger partial charge in [0.25, 0.3) is 0 Å². The van der Waals surface area contributed by atoms with Crippen molar-refractivity contribution in [3.8, 4) is 0 Å². The maximum atomic E-state index is 12.6. The lowest BCUT2D eigenvalue weighted by atomic mass is 9.98. The zero-order valence-corrected chi connectivity index (χ0v) is 15.7. The molecule has 0 radical (unpaired) electrons. The summed E-state index contributed by atoms with van der Waals surface area (Å²) in [5.41, 5.74) is 3.34. The molecule has 4 heteroatoms. The Balaban J connectivity index is 1.46. The van der Waals surface area contributed by atoms with Crippen molar-refractivity contribution in [3.05, 3.63) is 70.7 Å². The molecule has 3 nitrogen and oxygen atoms in total. The van der Waals surface area contributed by atoms with Crippen LogP contribution >= 0.6 is 11.3 Å². The number of nitrogens with zero attached hydrogens (tertiary/aromatic N) is 2. The molecule has 0 aliphatic carbocycles. The number of piperidine rings is 1. The fraction of sp³-hybridized carbons (Fsp3) is 0.273. The lowest BCUT2D eigenvalue weighted by Gasteiger charge is -2.31. The third-order valence-corrected chi connectivity index (χ3v) is 6.05. The summed E-state index contributed by atoms with van der Waals surface area (Å²) in [4.78, 5) is 19.4. The molecule has 4 rings (SSSR count). The predicted molar refractivity (Wildman–Crippen MR) is 108 cm³/mol. The largest absolute Gasteiger partial charge is 0.338 e. The first kappa shape index (κ1) is 17.0. The van der Waals surface area contributed by atoms with E-state index in [0.717, 1.165) is 42.0 Å². The van der Waals surface area contributed by atoms with Gasteiger partial charge in [0.05, 0.1) is 15.2 Å². The number of aromatic nitrogens is 1. The normalized spacial score (nSPS) is 17.9. The van der Waals surface area contributed by atoms with Gasteiger partial charge in [0.2, 0.25) is 5.91 Å². The number of rotatable bonds is 3. The Morgan fingerprint density at radius 1 is 1.23 bits per heavy atom. The van der Waals surface area contributed by atoms with Crippen molar-refractivity contribution in [3.63, 3.8) is 0 Å². The van der Waals surface area contributed by atoms with Gasteiger partial charge in [0.15, 0.2) is 0 Å². The summed E-state index contributed by atoms with van der Waals surface area (Å²) in [6, 6.07) is 16.4. The van der Waals surface area contributed by atoms with E-state index in [2.05, 4.69) is 37.3 Å². The molecule has 1 fully saturated rings. The van der Waals surface area contributed by atoms with Crippen LogP contribution < -0.4 is 0 Å². The van der Waals surface area contributed by atoms with E-state index in [-0.39, 0.29) is 5.91 Å². The van der Waals surface area contributed by atoms with Gasteiger partial charge >= 0.3 is 0 Å². The van der Waals surface area contributed by atoms with E-state index < -0.39 is 0 Å². The zero-order valence-electron chi connectivity index (χ0n) is 14.9. The Labute approximate surface area is 158 Å². The van der Waals surface area contributed by atoms with Crippen LogP contribution in [-0.2, 0) is 4.79 Å². The monoisotopic (exact) mass is 362 g/mol. The molecule has 1 amide bonds. The quantitative estimate of drug-likeness (QED) is 0.613. The number of hydrogen-bond acceptors (Lipinski definition) is 3. The van der Waals surface area contributed by atoms with Gasteiger partial charge in [-0.25, -0.2) is 4.98 Å². The Bertz CT molecular complexity index is 926. The Kier molecular flexibility index (Phi) is 4.85. The molecule has 0 bridgehead atoms. The summed E-state index contributed by atoms with van der Waals surface area (Å²) < 4.78 is 1.23. The lowest BCUT2D eigenvalue weighted by Crippen LogP contribution is -2.38. The number of benzene rings is 2. The average Bonchev–Trinajstić information content (AvgIpc) is 3.10. The highest BCUT2D eigenvalue weighted by molar-refractivity contribution is 7.18. The summed E-state index contributed by atoms with van der Waals surface area (Å²) in [5, 5.41) is 1.16. The van der Waals surface area contributed by atoms with Crippen molar-refractivity contribution in [2.24, 2.45) is 0 Å². The van der Waals surface area contributed by atoms with E-state index in [0.29, 0.717) is 5.92 Å². The van der Waals surface area contributed by atoms with Crippen LogP contribution in [-0.4, -0.2) is 28.9 Å². The predicted octanol–water partition coefficient (Wildman–Crippen LogP) is 5.02. The van der Waals surface area contributed by atoms with Gasteiger partial charge < -0.3 is 4.90 Å². The van der Waals surface area contributed by atoms with Crippen LogP contribution in [0.15, 0.2) is 54.6 Å². The van der Waals surface area contributed by atoms with E-state index in [4.69, 9.17) is 4.98 Å². The fourth-order valence-corrected chi connectivity index (χ4v) is 4.58. The van der Waals surface area contributed by atoms with E-state index >= 15 is 0 Å². The van der Waals surface area contributed by atoms with E-state index in [1.807, 2.05) is 29.2 Å². The van der Waals surface area contributed by atoms with E-state index in [1.165, 1.54) is 10.3 Å². The maximum absolute atomic E-state index is 12.6. The van der Waals surface area contributed by atoms with Crippen LogP contribution in [0.25, 0.3) is 16.3 Å². The SMILES string of the molecule is Cc1cccc(/C=C/C(=O)N2CCC[C@@H](c3nc4ccccc4s3)C2)c1.